The predicted molar refractivity (Wildman–Crippen MR) is 69.5 cm³/mol. The molecule has 0 aliphatic rings. The Labute approximate surface area is 101 Å². The Balaban J connectivity index is 2.25. The van der Waals surface area contributed by atoms with Crippen LogP contribution in [0.25, 0.3) is 0 Å². The summed E-state index contributed by atoms with van der Waals surface area (Å²) in [4.78, 5) is 4.72. The molecule has 6 heteroatoms. The molecule has 94 valence electrons. The van der Waals surface area contributed by atoms with Crippen LogP contribution in [0.4, 0.5) is 0 Å². The minimum Gasteiger partial charge on any atom is -0.365 e. The van der Waals surface area contributed by atoms with E-state index in [1.54, 1.807) is 19.0 Å². The summed E-state index contributed by atoms with van der Waals surface area (Å²) >= 11 is 0. The zero-order chi connectivity index (χ0) is 12.8. The topological polar surface area (TPSA) is 90.8 Å². The first kappa shape index (κ1) is 13.1. The summed E-state index contributed by atoms with van der Waals surface area (Å²) < 4.78 is 0. The van der Waals surface area contributed by atoms with E-state index in [1.807, 2.05) is 19.2 Å². The van der Waals surface area contributed by atoms with E-state index in [4.69, 9.17) is 10.8 Å². The monoisotopic (exact) mass is 236 g/mol. The van der Waals surface area contributed by atoms with Crippen LogP contribution < -0.4 is 10.6 Å². The highest BCUT2D eigenvalue weighted by atomic mass is 15.3. The number of hydrogen-bond acceptors (Lipinski definition) is 2. The Hall–Kier alpha value is -1.98. The van der Waals surface area contributed by atoms with Crippen molar-refractivity contribution in [3.63, 3.8) is 0 Å². The maximum atomic E-state index is 7.60. The fraction of sp³-hybridized carbons (Fsp3) is 0.455. The molecule has 1 rings (SSSR count). The summed E-state index contributed by atoms with van der Waals surface area (Å²) in [6.07, 6.45) is 2.77. The Morgan fingerprint density at radius 1 is 1.41 bits per heavy atom. The van der Waals surface area contributed by atoms with Gasteiger partial charge in [-0.25, -0.2) is 0 Å². The molecule has 0 unspecified atom stereocenters. The molecule has 0 radical (unpaired) electrons. The smallest absolute Gasteiger partial charge is 0.197 e. The van der Waals surface area contributed by atoms with Gasteiger partial charge in [0.1, 0.15) is 0 Å². The zero-order valence-corrected chi connectivity index (χ0v) is 10.5. The molecular formula is C11H20N6. The van der Waals surface area contributed by atoms with Gasteiger partial charge >= 0.3 is 0 Å². The fourth-order valence-corrected chi connectivity index (χ4v) is 1.35. The molecule has 0 aliphatic heterocycles. The van der Waals surface area contributed by atoms with Crippen LogP contribution in [-0.4, -0.2) is 42.4 Å². The highest BCUT2D eigenvalue weighted by molar-refractivity contribution is 5.95. The van der Waals surface area contributed by atoms with Crippen LogP contribution in [0.1, 0.15) is 11.3 Å². The van der Waals surface area contributed by atoms with E-state index in [1.165, 1.54) is 5.56 Å². The third-order valence-corrected chi connectivity index (χ3v) is 2.45. The van der Waals surface area contributed by atoms with Crippen molar-refractivity contribution in [3.8, 4) is 0 Å². The lowest BCUT2D eigenvalue weighted by Crippen LogP contribution is -2.45. The average Bonchev–Trinajstić information content (AvgIpc) is 2.64. The standard InChI is InChI=1S/C11H20N6/c1-8-9(4-6-14-8)5-7-15-10(12)16-11(13)17(2)3/h4,6,14H,5,7H2,1-3H3,(H4,12,13,15,16). The van der Waals surface area contributed by atoms with Crippen molar-refractivity contribution < 1.29 is 0 Å². The van der Waals surface area contributed by atoms with Gasteiger partial charge in [-0.2, -0.15) is 0 Å². The Morgan fingerprint density at radius 3 is 2.65 bits per heavy atom. The average molecular weight is 236 g/mol. The van der Waals surface area contributed by atoms with Crippen molar-refractivity contribution in [3.05, 3.63) is 23.5 Å². The van der Waals surface area contributed by atoms with Crippen LogP contribution >= 0.6 is 0 Å². The summed E-state index contributed by atoms with van der Waals surface area (Å²) in [6.45, 7) is 2.70. The molecule has 0 amide bonds. The normalized spacial score (nSPS) is 9.82. The van der Waals surface area contributed by atoms with E-state index < -0.39 is 0 Å². The van der Waals surface area contributed by atoms with Crippen molar-refractivity contribution in [1.82, 2.24) is 20.5 Å². The van der Waals surface area contributed by atoms with Crippen LogP contribution in [-0.2, 0) is 6.42 Å². The quantitative estimate of drug-likeness (QED) is 0.390. The van der Waals surface area contributed by atoms with Crippen LogP contribution in [0.2, 0.25) is 0 Å². The van der Waals surface area contributed by atoms with Gasteiger partial charge in [0.25, 0.3) is 0 Å². The maximum absolute atomic E-state index is 7.60. The van der Waals surface area contributed by atoms with Gasteiger partial charge in [-0.15, -0.1) is 0 Å². The van der Waals surface area contributed by atoms with Crippen LogP contribution in [0.5, 0.6) is 0 Å². The molecule has 0 spiro atoms. The second-order valence-corrected chi connectivity index (χ2v) is 4.05. The lowest BCUT2D eigenvalue weighted by atomic mass is 10.2. The van der Waals surface area contributed by atoms with Gasteiger partial charge in [0.2, 0.25) is 0 Å². The molecule has 1 aromatic heterocycles. The number of aromatic nitrogens is 1. The molecule has 0 saturated carbocycles. The molecule has 0 saturated heterocycles. The third-order valence-electron chi connectivity index (χ3n) is 2.45. The summed E-state index contributed by atoms with van der Waals surface area (Å²) in [5.41, 5.74) is 2.40. The number of nitrogens with one attached hydrogen (secondary N) is 5. The first-order chi connectivity index (χ1) is 8.00. The van der Waals surface area contributed by atoms with Gasteiger partial charge in [-0.3, -0.25) is 16.1 Å². The van der Waals surface area contributed by atoms with Gasteiger partial charge in [0.15, 0.2) is 11.9 Å². The number of nitrogens with zero attached hydrogens (tertiary/aromatic N) is 1. The molecule has 0 atom stereocenters. The van der Waals surface area contributed by atoms with Crippen molar-refractivity contribution >= 4 is 11.9 Å². The lowest BCUT2D eigenvalue weighted by Gasteiger charge is -2.16. The first-order valence-corrected chi connectivity index (χ1v) is 5.49. The Bertz CT molecular complexity index is 392. The molecule has 6 nitrogen and oxygen atoms in total. The van der Waals surface area contributed by atoms with Gasteiger partial charge in [-0.05, 0) is 25.0 Å². The minimum atomic E-state index is 0.150. The highest BCUT2D eigenvalue weighted by Gasteiger charge is 2.02. The first-order valence-electron chi connectivity index (χ1n) is 5.49. The summed E-state index contributed by atoms with van der Waals surface area (Å²) in [7, 11) is 3.51. The largest absolute Gasteiger partial charge is 0.365 e. The highest BCUT2D eigenvalue weighted by Crippen LogP contribution is 2.04. The number of aryl methyl sites for hydroxylation is 1. The second-order valence-electron chi connectivity index (χ2n) is 4.05. The number of aromatic amines is 1. The molecule has 17 heavy (non-hydrogen) atoms. The summed E-state index contributed by atoms with van der Waals surface area (Å²) in [5.74, 6) is 0.345. The van der Waals surface area contributed by atoms with E-state index in [9.17, 15) is 0 Å². The van der Waals surface area contributed by atoms with E-state index >= 15 is 0 Å². The molecule has 1 aromatic rings. The van der Waals surface area contributed by atoms with Crippen LogP contribution in [0.15, 0.2) is 12.3 Å². The van der Waals surface area contributed by atoms with E-state index in [0.29, 0.717) is 6.54 Å². The van der Waals surface area contributed by atoms with Gasteiger partial charge in [-0.1, -0.05) is 0 Å². The maximum Gasteiger partial charge on any atom is 0.197 e. The molecule has 0 aliphatic carbocycles. The molecule has 0 fully saturated rings. The number of hydrogen-bond donors (Lipinski definition) is 5. The van der Waals surface area contributed by atoms with Crippen LogP contribution in [0, 0.1) is 17.7 Å². The molecule has 0 bridgehead atoms. The fourth-order valence-electron chi connectivity index (χ4n) is 1.35. The van der Waals surface area contributed by atoms with E-state index in [-0.39, 0.29) is 11.9 Å². The van der Waals surface area contributed by atoms with Crippen molar-refractivity contribution in [2.45, 2.75) is 13.3 Å². The predicted octanol–water partition coefficient (Wildman–Crippen LogP) is 0.476. The summed E-state index contributed by atoms with van der Waals surface area (Å²) in [6, 6.07) is 2.04. The zero-order valence-electron chi connectivity index (χ0n) is 10.5. The third kappa shape index (κ3) is 4.18. The van der Waals surface area contributed by atoms with Crippen LogP contribution in [0.3, 0.4) is 0 Å². The molecule has 5 N–H and O–H groups in total. The van der Waals surface area contributed by atoms with Crippen molar-refractivity contribution in [2.24, 2.45) is 0 Å². The number of guanidine groups is 2. The van der Waals surface area contributed by atoms with Crippen molar-refractivity contribution in [2.75, 3.05) is 20.6 Å². The molecular weight excluding hydrogens is 216 g/mol. The Kier molecular flexibility index (Phi) is 4.56. The SMILES string of the molecule is Cc1[nH]ccc1CCNC(=N)NC(=N)N(C)C. The van der Waals surface area contributed by atoms with Gasteiger partial charge in [0, 0.05) is 32.5 Å². The lowest BCUT2D eigenvalue weighted by molar-refractivity contribution is 0.597. The van der Waals surface area contributed by atoms with E-state index in [0.717, 1.165) is 12.1 Å². The summed E-state index contributed by atoms with van der Waals surface area (Å²) in [5, 5.41) is 20.7. The minimum absolute atomic E-state index is 0.150. The number of H-pyrrole nitrogens is 1. The Morgan fingerprint density at radius 2 is 2.12 bits per heavy atom. The van der Waals surface area contributed by atoms with Gasteiger partial charge in [0.05, 0.1) is 0 Å². The molecule has 1 heterocycles. The van der Waals surface area contributed by atoms with Gasteiger partial charge < -0.3 is 15.2 Å². The van der Waals surface area contributed by atoms with E-state index in [2.05, 4.69) is 15.6 Å². The second kappa shape index (κ2) is 5.93. The number of rotatable bonds is 3. The molecule has 0 aromatic carbocycles. The van der Waals surface area contributed by atoms with Crippen molar-refractivity contribution in [1.29, 1.82) is 10.8 Å².